The van der Waals surface area contributed by atoms with Gasteiger partial charge in [-0.15, -0.1) is 0 Å². The van der Waals surface area contributed by atoms with Gasteiger partial charge in [-0.3, -0.25) is 4.98 Å². The first-order valence-electron chi connectivity index (χ1n) is 5.26. The summed E-state index contributed by atoms with van der Waals surface area (Å²) in [6, 6.07) is 11.7. The van der Waals surface area contributed by atoms with Crippen LogP contribution in [0.2, 0.25) is 0 Å². The molecule has 0 atom stereocenters. The van der Waals surface area contributed by atoms with Gasteiger partial charge in [0.25, 0.3) is 0 Å². The molecule has 0 radical (unpaired) electrons. The van der Waals surface area contributed by atoms with E-state index in [4.69, 9.17) is 10.00 Å². The highest BCUT2D eigenvalue weighted by Crippen LogP contribution is 2.23. The van der Waals surface area contributed by atoms with Gasteiger partial charge in [-0.2, -0.15) is 5.26 Å². The predicted molar refractivity (Wildman–Crippen MR) is 65.7 cm³/mol. The molecule has 3 nitrogen and oxygen atoms in total. The number of ether oxygens (including phenoxy) is 1. The minimum absolute atomic E-state index is 0.608. The Kier molecular flexibility index (Phi) is 3.06. The van der Waals surface area contributed by atoms with Crippen molar-refractivity contribution in [2.45, 2.75) is 6.92 Å². The van der Waals surface area contributed by atoms with Crippen molar-refractivity contribution in [3.63, 3.8) is 0 Å². The maximum absolute atomic E-state index is 8.85. The largest absolute Gasteiger partial charge is 0.497 e. The van der Waals surface area contributed by atoms with E-state index in [1.807, 2.05) is 37.3 Å². The molecule has 0 aliphatic rings. The number of methoxy groups -OCH3 is 1. The van der Waals surface area contributed by atoms with Gasteiger partial charge in [0, 0.05) is 11.8 Å². The van der Waals surface area contributed by atoms with Crippen LogP contribution in [0.1, 0.15) is 11.1 Å². The van der Waals surface area contributed by atoms with Crippen LogP contribution in [0.25, 0.3) is 11.3 Å². The van der Waals surface area contributed by atoms with Gasteiger partial charge >= 0.3 is 0 Å². The molecule has 0 amide bonds. The minimum atomic E-state index is 0.608. The number of rotatable bonds is 2. The van der Waals surface area contributed by atoms with E-state index in [9.17, 15) is 0 Å². The van der Waals surface area contributed by atoms with Crippen LogP contribution >= 0.6 is 0 Å². The summed E-state index contributed by atoms with van der Waals surface area (Å²) in [6.07, 6.45) is 1.60. The van der Waals surface area contributed by atoms with Crippen molar-refractivity contribution in [2.24, 2.45) is 0 Å². The van der Waals surface area contributed by atoms with Gasteiger partial charge < -0.3 is 4.74 Å². The van der Waals surface area contributed by atoms with Crippen molar-refractivity contribution in [3.05, 3.63) is 47.7 Å². The van der Waals surface area contributed by atoms with E-state index in [0.29, 0.717) is 5.56 Å². The Morgan fingerprint density at radius 3 is 2.76 bits per heavy atom. The molecule has 0 saturated heterocycles. The highest BCUT2D eigenvalue weighted by Gasteiger charge is 2.04. The lowest BCUT2D eigenvalue weighted by Gasteiger charge is -2.05. The number of pyridine rings is 1. The molecule has 0 spiro atoms. The molecule has 84 valence electrons. The summed E-state index contributed by atoms with van der Waals surface area (Å²) in [5.74, 6) is 0.798. The lowest BCUT2D eigenvalue weighted by atomic mass is 10.1. The fourth-order valence-corrected chi connectivity index (χ4v) is 1.61. The van der Waals surface area contributed by atoms with Crippen LogP contribution in [0.5, 0.6) is 5.75 Å². The zero-order valence-electron chi connectivity index (χ0n) is 9.77. The number of nitriles is 1. The van der Waals surface area contributed by atoms with Gasteiger partial charge in [-0.05, 0) is 30.7 Å². The molecule has 1 aromatic heterocycles. The fourth-order valence-electron chi connectivity index (χ4n) is 1.61. The number of aromatic nitrogens is 1. The van der Waals surface area contributed by atoms with E-state index in [2.05, 4.69) is 11.1 Å². The highest BCUT2D eigenvalue weighted by atomic mass is 16.5. The zero-order chi connectivity index (χ0) is 12.3. The number of hydrogen-bond acceptors (Lipinski definition) is 3. The molecule has 2 aromatic rings. The molecule has 3 heteroatoms. The molecule has 2 rings (SSSR count). The monoisotopic (exact) mass is 224 g/mol. The van der Waals surface area contributed by atoms with Crippen LogP contribution in [0.4, 0.5) is 0 Å². The number of hydrogen-bond donors (Lipinski definition) is 0. The molecule has 0 bridgehead atoms. The van der Waals surface area contributed by atoms with Crippen molar-refractivity contribution >= 4 is 0 Å². The maximum atomic E-state index is 8.85. The number of aryl methyl sites for hydroxylation is 1. The summed E-state index contributed by atoms with van der Waals surface area (Å²) in [5.41, 5.74) is 3.37. The van der Waals surface area contributed by atoms with Gasteiger partial charge in [0.05, 0.1) is 18.4 Å². The fraction of sp³-hybridized carbons (Fsp3) is 0.143. The van der Waals surface area contributed by atoms with Crippen LogP contribution < -0.4 is 4.74 Å². The summed E-state index contributed by atoms with van der Waals surface area (Å²) in [4.78, 5) is 4.28. The molecule has 0 N–H and O–H groups in total. The van der Waals surface area contributed by atoms with E-state index in [0.717, 1.165) is 22.6 Å². The third-order valence-corrected chi connectivity index (χ3v) is 2.60. The summed E-state index contributed by atoms with van der Waals surface area (Å²) in [7, 11) is 1.64. The van der Waals surface area contributed by atoms with Crippen molar-refractivity contribution < 1.29 is 4.74 Å². The minimum Gasteiger partial charge on any atom is -0.497 e. The average Bonchev–Trinajstić information content (AvgIpc) is 2.38. The first-order valence-corrected chi connectivity index (χ1v) is 5.26. The van der Waals surface area contributed by atoms with E-state index < -0.39 is 0 Å². The zero-order valence-corrected chi connectivity index (χ0v) is 9.77. The van der Waals surface area contributed by atoms with Crippen LogP contribution in [-0.2, 0) is 0 Å². The molecule has 0 aliphatic carbocycles. The molecule has 1 aromatic carbocycles. The van der Waals surface area contributed by atoms with Crippen LogP contribution in [0.15, 0.2) is 36.5 Å². The number of benzene rings is 1. The molecular formula is C14H12N2O. The first-order chi connectivity index (χ1) is 8.24. The smallest absolute Gasteiger partial charge is 0.119 e. The van der Waals surface area contributed by atoms with Crippen molar-refractivity contribution in [2.75, 3.05) is 7.11 Å². The Morgan fingerprint density at radius 1 is 1.29 bits per heavy atom. The third kappa shape index (κ3) is 2.26. The lowest BCUT2D eigenvalue weighted by Crippen LogP contribution is -1.90. The van der Waals surface area contributed by atoms with Gasteiger partial charge in [0.15, 0.2) is 0 Å². The molecule has 0 saturated carbocycles. The lowest BCUT2D eigenvalue weighted by molar-refractivity contribution is 0.415. The molecule has 0 fully saturated rings. The predicted octanol–water partition coefficient (Wildman–Crippen LogP) is 2.94. The van der Waals surface area contributed by atoms with Crippen molar-refractivity contribution in [1.82, 2.24) is 4.98 Å². The molecule has 0 unspecified atom stereocenters. The van der Waals surface area contributed by atoms with E-state index >= 15 is 0 Å². The summed E-state index contributed by atoms with van der Waals surface area (Å²) >= 11 is 0. The maximum Gasteiger partial charge on any atom is 0.119 e. The van der Waals surface area contributed by atoms with Gasteiger partial charge in [0.2, 0.25) is 0 Å². The second-order valence-electron chi connectivity index (χ2n) is 3.73. The molecule has 0 aliphatic heterocycles. The molecular weight excluding hydrogens is 212 g/mol. The highest BCUT2D eigenvalue weighted by molar-refractivity contribution is 5.62. The van der Waals surface area contributed by atoms with Gasteiger partial charge in [-0.1, -0.05) is 12.1 Å². The normalized spacial score (nSPS) is 9.71. The Bertz CT molecular complexity index is 585. The van der Waals surface area contributed by atoms with Crippen LogP contribution in [0, 0.1) is 18.3 Å². The van der Waals surface area contributed by atoms with Crippen molar-refractivity contribution in [3.8, 4) is 23.1 Å². The quantitative estimate of drug-likeness (QED) is 0.787. The first kappa shape index (κ1) is 11.2. The summed E-state index contributed by atoms with van der Waals surface area (Å²) in [5, 5.41) is 8.85. The Hall–Kier alpha value is -2.34. The summed E-state index contributed by atoms with van der Waals surface area (Å²) < 4.78 is 5.17. The standard InChI is InChI=1S/C14H12N2O/c1-10-6-14(16-9-12(10)8-15)11-4-3-5-13(7-11)17-2/h3-7,9H,1-2H3. The Labute approximate surface area is 100 Å². The van der Waals surface area contributed by atoms with Gasteiger partial charge in [0.1, 0.15) is 11.8 Å². The molecule has 1 heterocycles. The third-order valence-electron chi connectivity index (χ3n) is 2.60. The Morgan fingerprint density at radius 2 is 2.12 bits per heavy atom. The van der Waals surface area contributed by atoms with Gasteiger partial charge in [-0.25, -0.2) is 0 Å². The van der Waals surface area contributed by atoms with E-state index in [1.54, 1.807) is 13.3 Å². The van der Waals surface area contributed by atoms with Crippen LogP contribution in [0.3, 0.4) is 0 Å². The molecule has 17 heavy (non-hydrogen) atoms. The summed E-state index contributed by atoms with van der Waals surface area (Å²) in [6.45, 7) is 1.91. The van der Waals surface area contributed by atoms with E-state index in [1.165, 1.54) is 0 Å². The van der Waals surface area contributed by atoms with Crippen LogP contribution in [-0.4, -0.2) is 12.1 Å². The average molecular weight is 224 g/mol. The second-order valence-corrected chi connectivity index (χ2v) is 3.73. The number of nitrogens with zero attached hydrogens (tertiary/aromatic N) is 2. The Balaban J connectivity index is 2.46. The second kappa shape index (κ2) is 4.67. The van der Waals surface area contributed by atoms with Crippen molar-refractivity contribution in [1.29, 1.82) is 5.26 Å². The SMILES string of the molecule is COc1cccc(-c2cc(C)c(C#N)cn2)c1. The van der Waals surface area contributed by atoms with E-state index in [-0.39, 0.29) is 0 Å². The topological polar surface area (TPSA) is 45.9 Å².